The number of rotatable bonds is 8. The van der Waals surface area contributed by atoms with E-state index in [9.17, 15) is 9.59 Å². The van der Waals surface area contributed by atoms with Gasteiger partial charge < -0.3 is 14.8 Å². The summed E-state index contributed by atoms with van der Waals surface area (Å²) in [6.45, 7) is 7.96. The van der Waals surface area contributed by atoms with E-state index in [2.05, 4.69) is 15.3 Å². The standard InChI is InChI=1S/C22H25N3O4S/c1-5-6-11-28-21(26)15-7-9-16(10-8-15)25-19-17-14(4)18(22(27)29-13(2)3)30-20(17)24-12-23-19/h7-10,12-13H,5-6,11H2,1-4H3,(H,23,24,25). The molecule has 8 heteroatoms. The predicted molar refractivity (Wildman–Crippen MR) is 118 cm³/mol. The maximum atomic E-state index is 12.4. The minimum Gasteiger partial charge on any atom is -0.462 e. The molecule has 0 radical (unpaired) electrons. The molecule has 0 saturated heterocycles. The van der Waals surface area contributed by atoms with Crippen LogP contribution in [0.5, 0.6) is 0 Å². The average Bonchev–Trinajstić information content (AvgIpc) is 3.06. The van der Waals surface area contributed by atoms with Crippen LogP contribution in [0, 0.1) is 6.92 Å². The van der Waals surface area contributed by atoms with Crippen molar-refractivity contribution in [1.29, 1.82) is 0 Å². The van der Waals surface area contributed by atoms with Crippen LogP contribution in [0.3, 0.4) is 0 Å². The van der Waals surface area contributed by atoms with Gasteiger partial charge in [0.15, 0.2) is 0 Å². The Labute approximate surface area is 179 Å². The number of carbonyl (C=O) groups excluding carboxylic acids is 2. The van der Waals surface area contributed by atoms with Crippen LogP contribution in [-0.2, 0) is 9.47 Å². The first-order valence-corrected chi connectivity index (χ1v) is 10.7. The number of esters is 2. The molecular weight excluding hydrogens is 402 g/mol. The van der Waals surface area contributed by atoms with Crippen LogP contribution >= 0.6 is 11.3 Å². The highest BCUT2D eigenvalue weighted by Gasteiger charge is 2.21. The molecule has 0 amide bonds. The summed E-state index contributed by atoms with van der Waals surface area (Å²) >= 11 is 1.29. The first-order chi connectivity index (χ1) is 14.4. The van der Waals surface area contributed by atoms with Gasteiger partial charge in [-0.1, -0.05) is 13.3 Å². The first-order valence-electron chi connectivity index (χ1n) is 9.90. The van der Waals surface area contributed by atoms with Crippen LogP contribution in [0.25, 0.3) is 10.2 Å². The summed E-state index contributed by atoms with van der Waals surface area (Å²) in [6, 6.07) is 7.00. The Bertz CT molecular complexity index is 1040. The Hall–Kier alpha value is -3.00. The van der Waals surface area contributed by atoms with E-state index in [0.29, 0.717) is 27.7 Å². The smallest absolute Gasteiger partial charge is 0.348 e. The molecule has 0 spiro atoms. The van der Waals surface area contributed by atoms with Gasteiger partial charge in [-0.25, -0.2) is 19.6 Å². The van der Waals surface area contributed by atoms with E-state index in [-0.39, 0.29) is 18.0 Å². The average molecular weight is 428 g/mol. The van der Waals surface area contributed by atoms with Gasteiger partial charge in [0, 0.05) is 5.69 Å². The lowest BCUT2D eigenvalue weighted by Gasteiger charge is -2.09. The molecule has 0 unspecified atom stereocenters. The van der Waals surface area contributed by atoms with Crippen LogP contribution in [0.2, 0.25) is 0 Å². The molecule has 3 aromatic rings. The molecule has 0 aliphatic rings. The van der Waals surface area contributed by atoms with Gasteiger partial charge in [0.2, 0.25) is 0 Å². The molecule has 2 aromatic heterocycles. The SMILES string of the molecule is CCCCOC(=O)c1ccc(Nc2ncnc3sc(C(=O)OC(C)C)c(C)c23)cc1. The molecule has 30 heavy (non-hydrogen) atoms. The lowest BCUT2D eigenvalue weighted by Crippen LogP contribution is -2.11. The van der Waals surface area contributed by atoms with Crippen molar-refractivity contribution in [3.05, 3.63) is 46.6 Å². The van der Waals surface area contributed by atoms with E-state index in [0.717, 1.165) is 29.5 Å². The summed E-state index contributed by atoms with van der Waals surface area (Å²) < 4.78 is 10.6. The van der Waals surface area contributed by atoms with Crippen molar-refractivity contribution in [2.75, 3.05) is 11.9 Å². The molecule has 0 saturated carbocycles. The summed E-state index contributed by atoms with van der Waals surface area (Å²) in [4.78, 5) is 34.3. The third-order valence-corrected chi connectivity index (χ3v) is 5.55. The van der Waals surface area contributed by atoms with E-state index >= 15 is 0 Å². The fraction of sp³-hybridized carbons (Fsp3) is 0.364. The normalized spacial score (nSPS) is 11.0. The first kappa shape index (κ1) is 21.7. The van der Waals surface area contributed by atoms with Crippen molar-refractivity contribution in [3.63, 3.8) is 0 Å². The minimum absolute atomic E-state index is 0.196. The number of anilines is 2. The lowest BCUT2D eigenvalue weighted by atomic mass is 10.2. The second kappa shape index (κ2) is 9.67. The van der Waals surface area contributed by atoms with Crippen LogP contribution in [0.1, 0.15) is 59.2 Å². The van der Waals surface area contributed by atoms with Gasteiger partial charge in [0.25, 0.3) is 0 Å². The zero-order valence-electron chi connectivity index (χ0n) is 17.5. The fourth-order valence-electron chi connectivity index (χ4n) is 2.85. The summed E-state index contributed by atoms with van der Waals surface area (Å²) in [7, 11) is 0. The Balaban J connectivity index is 1.81. The number of aromatic nitrogens is 2. The van der Waals surface area contributed by atoms with Gasteiger partial charge in [0.1, 0.15) is 21.9 Å². The van der Waals surface area contributed by atoms with E-state index in [1.54, 1.807) is 24.3 Å². The third-order valence-electron chi connectivity index (χ3n) is 4.37. The number of nitrogens with one attached hydrogen (secondary N) is 1. The highest BCUT2D eigenvalue weighted by Crippen LogP contribution is 2.35. The number of fused-ring (bicyclic) bond motifs is 1. The summed E-state index contributed by atoms with van der Waals surface area (Å²) in [5.41, 5.74) is 2.03. The summed E-state index contributed by atoms with van der Waals surface area (Å²) in [5, 5.41) is 4.03. The Morgan fingerprint density at radius 1 is 1.13 bits per heavy atom. The lowest BCUT2D eigenvalue weighted by molar-refractivity contribution is 0.0382. The van der Waals surface area contributed by atoms with E-state index in [1.807, 2.05) is 27.7 Å². The number of ether oxygens (including phenoxy) is 2. The Morgan fingerprint density at radius 3 is 2.53 bits per heavy atom. The maximum absolute atomic E-state index is 12.4. The number of hydrogen-bond donors (Lipinski definition) is 1. The molecule has 3 rings (SSSR count). The summed E-state index contributed by atoms with van der Waals surface area (Å²) in [5.74, 6) is -0.0978. The van der Waals surface area contributed by atoms with Crippen LogP contribution in [-0.4, -0.2) is 34.6 Å². The van der Waals surface area contributed by atoms with Crippen LogP contribution in [0.4, 0.5) is 11.5 Å². The molecule has 158 valence electrons. The summed E-state index contributed by atoms with van der Waals surface area (Å²) in [6.07, 6.45) is 3.08. The molecular formula is C22H25N3O4S. The van der Waals surface area contributed by atoms with Gasteiger partial charge in [-0.2, -0.15) is 0 Å². The van der Waals surface area contributed by atoms with Crippen molar-refractivity contribution in [2.24, 2.45) is 0 Å². The van der Waals surface area contributed by atoms with Gasteiger partial charge >= 0.3 is 11.9 Å². The quantitative estimate of drug-likeness (QED) is 0.387. The maximum Gasteiger partial charge on any atom is 0.348 e. The fourth-order valence-corrected chi connectivity index (χ4v) is 3.88. The van der Waals surface area contributed by atoms with Crippen molar-refractivity contribution >= 4 is 45.0 Å². The number of aryl methyl sites for hydroxylation is 1. The minimum atomic E-state index is -0.359. The van der Waals surface area contributed by atoms with Gasteiger partial charge in [-0.3, -0.25) is 0 Å². The second-order valence-corrected chi connectivity index (χ2v) is 8.10. The predicted octanol–water partition coefficient (Wildman–Crippen LogP) is 5.27. The number of carbonyl (C=O) groups is 2. The Morgan fingerprint density at radius 2 is 1.87 bits per heavy atom. The van der Waals surface area contributed by atoms with Crippen molar-refractivity contribution in [2.45, 2.75) is 46.6 Å². The van der Waals surface area contributed by atoms with E-state index < -0.39 is 0 Å². The molecule has 0 bridgehead atoms. The molecule has 1 aromatic carbocycles. The Kier molecular flexibility index (Phi) is 6.99. The molecule has 0 aliphatic carbocycles. The molecule has 0 aliphatic heterocycles. The van der Waals surface area contributed by atoms with E-state index in [4.69, 9.17) is 9.47 Å². The third kappa shape index (κ3) is 4.94. The van der Waals surface area contributed by atoms with Crippen LogP contribution in [0.15, 0.2) is 30.6 Å². The number of unbranched alkanes of at least 4 members (excludes halogenated alkanes) is 1. The van der Waals surface area contributed by atoms with Crippen molar-refractivity contribution in [1.82, 2.24) is 9.97 Å². The highest BCUT2D eigenvalue weighted by molar-refractivity contribution is 7.20. The zero-order valence-corrected chi connectivity index (χ0v) is 18.3. The van der Waals surface area contributed by atoms with Gasteiger partial charge in [-0.05, 0) is 57.0 Å². The van der Waals surface area contributed by atoms with E-state index in [1.165, 1.54) is 17.7 Å². The molecule has 0 fully saturated rings. The largest absolute Gasteiger partial charge is 0.462 e. The molecule has 2 heterocycles. The molecule has 7 nitrogen and oxygen atoms in total. The monoisotopic (exact) mass is 427 g/mol. The number of hydrogen-bond acceptors (Lipinski definition) is 8. The zero-order chi connectivity index (χ0) is 21.7. The second-order valence-electron chi connectivity index (χ2n) is 7.10. The number of nitrogens with zero attached hydrogens (tertiary/aromatic N) is 2. The van der Waals surface area contributed by atoms with Crippen molar-refractivity contribution < 1.29 is 19.1 Å². The van der Waals surface area contributed by atoms with Gasteiger partial charge in [0.05, 0.1) is 23.7 Å². The highest BCUT2D eigenvalue weighted by atomic mass is 32.1. The molecule has 1 N–H and O–H groups in total. The topological polar surface area (TPSA) is 90.4 Å². The number of benzene rings is 1. The van der Waals surface area contributed by atoms with Gasteiger partial charge in [-0.15, -0.1) is 11.3 Å². The van der Waals surface area contributed by atoms with Crippen molar-refractivity contribution in [3.8, 4) is 0 Å². The molecule has 0 atom stereocenters. The van der Waals surface area contributed by atoms with Crippen LogP contribution < -0.4 is 5.32 Å². The number of thiophene rings is 1.